The smallest absolute Gasteiger partial charge is 0.0701 e. The molecule has 5 heteroatoms. The molecule has 0 amide bonds. The third-order valence-corrected chi connectivity index (χ3v) is 0.744. The third kappa shape index (κ3) is 22.5. The van der Waals surface area contributed by atoms with Crippen molar-refractivity contribution in [3.63, 3.8) is 0 Å². The summed E-state index contributed by atoms with van der Waals surface area (Å²) in [5, 5.41) is 0. The van der Waals surface area contributed by atoms with E-state index in [9.17, 15) is 0 Å². The summed E-state index contributed by atoms with van der Waals surface area (Å²) in [6, 6.07) is 0. The minimum Gasteiger partial charge on any atom is -0.377 e. The lowest BCUT2D eigenvalue weighted by molar-refractivity contribution is -0.0334. The van der Waals surface area contributed by atoms with Crippen LogP contribution in [0.3, 0.4) is 0 Å². The van der Waals surface area contributed by atoms with E-state index in [1.54, 1.807) is 0 Å². The molecule has 0 radical (unpaired) electrons. The first-order chi connectivity index (χ1) is 4.73. The molecule has 1 fully saturated rings. The highest BCUT2D eigenvalue weighted by molar-refractivity contribution is 5.85. The SMILES string of the molecule is C1COCCO1.CN(C)C.Cl.N. The fourth-order valence-electron chi connectivity index (χ4n) is 0.440. The Morgan fingerprint density at radius 2 is 1.00 bits per heavy atom. The molecule has 1 saturated heterocycles. The fourth-order valence-corrected chi connectivity index (χ4v) is 0.440. The van der Waals surface area contributed by atoms with Crippen molar-refractivity contribution in [1.29, 1.82) is 0 Å². The summed E-state index contributed by atoms with van der Waals surface area (Å²) >= 11 is 0. The van der Waals surface area contributed by atoms with E-state index >= 15 is 0 Å². The van der Waals surface area contributed by atoms with Crippen molar-refractivity contribution in [1.82, 2.24) is 11.1 Å². The van der Waals surface area contributed by atoms with Crippen LogP contribution in [0.4, 0.5) is 0 Å². The molecule has 0 aliphatic carbocycles. The molecular formula is C7H21ClN2O2. The summed E-state index contributed by atoms with van der Waals surface area (Å²) in [5.41, 5.74) is 0. The van der Waals surface area contributed by atoms with Crippen LogP contribution >= 0.6 is 12.4 Å². The second kappa shape index (κ2) is 13.7. The second-order valence-corrected chi connectivity index (χ2v) is 2.57. The van der Waals surface area contributed by atoms with Gasteiger partial charge in [0.25, 0.3) is 0 Å². The zero-order valence-electron chi connectivity index (χ0n) is 8.21. The molecular weight excluding hydrogens is 180 g/mol. The number of ether oxygens (including phenoxy) is 2. The molecule has 1 heterocycles. The van der Waals surface area contributed by atoms with Crippen LogP contribution in [0.2, 0.25) is 0 Å². The molecule has 0 spiro atoms. The van der Waals surface area contributed by atoms with Crippen molar-refractivity contribution in [2.75, 3.05) is 47.6 Å². The van der Waals surface area contributed by atoms with Gasteiger partial charge >= 0.3 is 0 Å². The Morgan fingerprint density at radius 3 is 1.08 bits per heavy atom. The van der Waals surface area contributed by atoms with E-state index < -0.39 is 0 Å². The Balaban J connectivity index is -0.000000124. The summed E-state index contributed by atoms with van der Waals surface area (Å²) in [7, 11) is 6.00. The maximum Gasteiger partial charge on any atom is 0.0701 e. The molecule has 1 rings (SSSR count). The number of nitrogens with zero attached hydrogens (tertiary/aromatic N) is 1. The second-order valence-electron chi connectivity index (χ2n) is 2.57. The van der Waals surface area contributed by atoms with Gasteiger partial charge in [0.2, 0.25) is 0 Å². The van der Waals surface area contributed by atoms with Crippen molar-refractivity contribution in [2.45, 2.75) is 0 Å². The van der Waals surface area contributed by atoms with E-state index in [1.807, 2.05) is 26.0 Å². The predicted molar refractivity (Wildman–Crippen MR) is 53.5 cm³/mol. The standard InChI is InChI=1S/C4H8O2.C3H9N.ClH.H3N/c1-2-6-4-3-5-1;1-4(2)3;;/h1-4H2;1-3H3;1H;1H3. The normalized spacial score (nSPS) is 15.0. The highest BCUT2D eigenvalue weighted by atomic mass is 35.5. The molecule has 0 unspecified atom stereocenters. The van der Waals surface area contributed by atoms with Gasteiger partial charge in [0.05, 0.1) is 26.4 Å². The van der Waals surface area contributed by atoms with E-state index in [0.717, 1.165) is 26.4 Å². The molecule has 1 aliphatic rings. The average molecular weight is 201 g/mol. The molecule has 0 aromatic rings. The van der Waals surface area contributed by atoms with Gasteiger partial charge in [-0.2, -0.15) is 0 Å². The lowest BCUT2D eigenvalue weighted by Crippen LogP contribution is -2.16. The lowest BCUT2D eigenvalue weighted by Gasteiger charge is -2.09. The zero-order chi connectivity index (χ0) is 7.82. The molecule has 0 bridgehead atoms. The molecule has 3 N–H and O–H groups in total. The number of rotatable bonds is 0. The topological polar surface area (TPSA) is 56.7 Å². The maximum atomic E-state index is 4.94. The molecule has 12 heavy (non-hydrogen) atoms. The Kier molecular flexibility index (Phi) is 20.6. The molecule has 78 valence electrons. The van der Waals surface area contributed by atoms with Crippen LogP contribution in [-0.2, 0) is 9.47 Å². The van der Waals surface area contributed by atoms with Crippen molar-refractivity contribution in [3.8, 4) is 0 Å². The van der Waals surface area contributed by atoms with Gasteiger partial charge in [-0.05, 0) is 21.1 Å². The zero-order valence-corrected chi connectivity index (χ0v) is 9.02. The van der Waals surface area contributed by atoms with Crippen LogP contribution in [-0.4, -0.2) is 52.5 Å². The van der Waals surface area contributed by atoms with Gasteiger partial charge in [0, 0.05) is 0 Å². The predicted octanol–water partition coefficient (Wildman–Crippen LogP) is 0.795. The molecule has 0 aromatic carbocycles. The quantitative estimate of drug-likeness (QED) is 0.629. The van der Waals surface area contributed by atoms with Crippen molar-refractivity contribution >= 4 is 12.4 Å². The van der Waals surface area contributed by atoms with Crippen LogP contribution in [0.5, 0.6) is 0 Å². The average Bonchev–Trinajstić information content (AvgIpc) is 1.90. The van der Waals surface area contributed by atoms with Crippen LogP contribution < -0.4 is 6.15 Å². The van der Waals surface area contributed by atoms with Crippen molar-refractivity contribution < 1.29 is 9.47 Å². The number of hydrogen-bond acceptors (Lipinski definition) is 4. The van der Waals surface area contributed by atoms with E-state index in [4.69, 9.17) is 9.47 Å². The van der Waals surface area contributed by atoms with E-state index in [2.05, 4.69) is 0 Å². The van der Waals surface area contributed by atoms with E-state index in [1.165, 1.54) is 0 Å². The van der Waals surface area contributed by atoms with Gasteiger partial charge in [-0.3, -0.25) is 0 Å². The highest BCUT2D eigenvalue weighted by Crippen LogP contribution is 1.85. The molecule has 4 nitrogen and oxygen atoms in total. The van der Waals surface area contributed by atoms with E-state index in [-0.39, 0.29) is 18.6 Å². The number of halogens is 1. The van der Waals surface area contributed by atoms with Crippen LogP contribution in [0.15, 0.2) is 0 Å². The van der Waals surface area contributed by atoms with Crippen LogP contribution in [0, 0.1) is 0 Å². The first-order valence-electron chi connectivity index (χ1n) is 3.50. The van der Waals surface area contributed by atoms with Gasteiger partial charge in [0.1, 0.15) is 0 Å². The van der Waals surface area contributed by atoms with Crippen molar-refractivity contribution in [2.24, 2.45) is 0 Å². The largest absolute Gasteiger partial charge is 0.377 e. The van der Waals surface area contributed by atoms with Gasteiger partial charge in [0.15, 0.2) is 0 Å². The first kappa shape index (κ1) is 18.0. The number of hydrogen-bond donors (Lipinski definition) is 1. The van der Waals surface area contributed by atoms with Gasteiger partial charge in [-0.1, -0.05) is 0 Å². The molecule has 0 atom stereocenters. The lowest BCUT2D eigenvalue weighted by atomic mass is 10.6. The summed E-state index contributed by atoms with van der Waals surface area (Å²) in [6.45, 7) is 3.11. The van der Waals surface area contributed by atoms with Gasteiger partial charge < -0.3 is 20.5 Å². The fraction of sp³-hybridized carbons (Fsp3) is 1.00. The Labute approximate surface area is 81.2 Å². The summed E-state index contributed by atoms with van der Waals surface area (Å²) in [6.07, 6.45) is 0. The Morgan fingerprint density at radius 1 is 0.833 bits per heavy atom. The summed E-state index contributed by atoms with van der Waals surface area (Å²) in [4.78, 5) is 2.00. The van der Waals surface area contributed by atoms with E-state index in [0.29, 0.717) is 0 Å². The molecule has 0 saturated carbocycles. The maximum absolute atomic E-state index is 4.94. The molecule has 0 aromatic heterocycles. The Hall–Kier alpha value is 0.130. The summed E-state index contributed by atoms with van der Waals surface area (Å²) in [5.74, 6) is 0. The van der Waals surface area contributed by atoms with Crippen LogP contribution in [0.25, 0.3) is 0 Å². The Bertz CT molecular complexity index is 56.2. The highest BCUT2D eigenvalue weighted by Gasteiger charge is 1.94. The van der Waals surface area contributed by atoms with Gasteiger partial charge in [-0.15, -0.1) is 12.4 Å². The minimum atomic E-state index is 0. The molecule has 1 aliphatic heterocycles. The minimum absolute atomic E-state index is 0. The monoisotopic (exact) mass is 200 g/mol. The summed E-state index contributed by atoms with van der Waals surface area (Å²) < 4.78 is 9.89. The van der Waals surface area contributed by atoms with Crippen molar-refractivity contribution in [3.05, 3.63) is 0 Å². The first-order valence-corrected chi connectivity index (χ1v) is 3.50. The van der Waals surface area contributed by atoms with Gasteiger partial charge in [-0.25, -0.2) is 0 Å². The van der Waals surface area contributed by atoms with Crippen LogP contribution in [0.1, 0.15) is 0 Å². The third-order valence-electron chi connectivity index (χ3n) is 0.744.